The van der Waals surface area contributed by atoms with Crippen molar-refractivity contribution >= 4 is 0 Å². The minimum absolute atomic E-state index is 0.222. The van der Waals surface area contributed by atoms with Gasteiger partial charge in [-0.25, -0.2) is 0 Å². The van der Waals surface area contributed by atoms with Crippen LogP contribution in [-0.2, 0) is 4.74 Å². The van der Waals surface area contributed by atoms with Gasteiger partial charge in [0, 0.05) is 24.1 Å². The van der Waals surface area contributed by atoms with E-state index in [9.17, 15) is 0 Å². The maximum atomic E-state index is 6.23. The van der Waals surface area contributed by atoms with Crippen LogP contribution in [0.15, 0.2) is 0 Å². The van der Waals surface area contributed by atoms with Gasteiger partial charge in [0.25, 0.3) is 0 Å². The summed E-state index contributed by atoms with van der Waals surface area (Å²) in [4.78, 5) is 0. The predicted octanol–water partition coefficient (Wildman–Crippen LogP) is 4.14. The van der Waals surface area contributed by atoms with Gasteiger partial charge in [-0.2, -0.15) is 0 Å². The Hall–Kier alpha value is -0.0800. The molecule has 1 heterocycles. The fraction of sp³-hybridized carbons (Fsp3) is 1.00. The van der Waals surface area contributed by atoms with E-state index in [4.69, 9.17) is 4.74 Å². The SMILES string of the molecule is CC(C)(C)NCC1(CC2CCCC2)CCOC1C1CC1. The molecule has 1 N–H and O–H groups in total. The topological polar surface area (TPSA) is 21.3 Å². The van der Waals surface area contributed by atoms with Crippen molar-refractivity contribution in [2.24, 2.45) is 17.3 Å². The van der Waals surface area contributed by atoms with E-state index in [1.807, 2.05) is 0 Å². The van der Waals surface area contributed by atoms with Gasteiger partial charge < -0.3 is 10.1 Å². The summed E-state index contributed by atoms with van der Waals surface area (Å²) in [5.74, 6) is 1.85. The summed E-state index contributed by atoms with van der Waals surface area (Å²) in [5.41, 5.74) is 0.656. The zero-order chi connectivity index (χ0) is 14.2. The molecule has 3 rings (SSSR count). The molecule has 0 aromatic rings. The number of ether oxygens (including phenoxy) is 1. The Morgan fingerprint density at radius 2 is 1.80 bits per heavy atom. The second-order valence-corrected chi connectivity index (χ2v) is 8.70. The first-order valence-electron chi connectivity index (χ1n) is 8.85. The highest BCUT2D eigenvalue weighted by atomic mass is 16.5. The molecule has 20 heavy (non-hydrogen) atoms. The van der Waals surface area contributed by atoms with E-state index >= 15 is 0 Å². The third kappa shape index (κ3) is 3.39. The fourth-order valence-electron chi connectivity index (χ4n) is 4.45. The van der Waals surface area contributed by atoms with Crippen molar-refractivity contribution in [1.29, 1.82) is 0 Å². The lowest BCUT2D eigenvalue weighted by Gasteiger charge is -2.39. The molecule has 0 spiro atoms. The molecule has 116 valence electrons. The minimum atomic E-state index is 0.222. The summed E-state index contributed by atoms with van der Waals surface area (Å²) in [6, 6.07) is 0. The molecule has 0 aromatic heterocycles. The number of rotatable bonds is 5. The van der Waals surface area contributed by atoms with E-state index < -0.39 is 0 Å². The molecule has 1 aliphatic heterocycles. The van der Waals surface area contributed by atoms with Crippen molar-refractivity contribution in [3.05, 3.63) is 0 Å². The molecule has 2 nitrogen and oxygen atoms in total. The van der Waals surface area contributed by atoms with Crippen LogP contribution in [0.3, 0.4) is 0 Å². The maximum absolute atomic E-state index is 6.23. The Morgan fingerprint density at radius 3 is 2.40 bits per heavy atom. The first-order valence-corrected chi connectivity index (χ1v) is 8.85. The van der Waals surface area contributed by atoms with E-state index in [0.29, 0.717) is 11.5 Å². The zero-order valence-corrected chi connectivity index (χ0v) is 13.7. The average Bonchev–Trinajstić information content (AvgIpc) is 2.93. The summed E-state index contributed by atoms with van der Waals surface area (Å²) >= 11 is 0. The van der Waals surface area contributed by atoms with Crippen LogP contribution in [0.25, 0.3) is 0 Å². The van der Waals surface area contributed by atoms with Crippen LogP contribution in [0.5, 0.6) is 0 Å². The minimum Gasteiger partial charge on any atom is -0.377 e. The van der Waals surface area contributed by atoms with Crippen molar-refractivity contribution in [2.75, 3.05) is 13.2 Å². The summed E-state index contributed by atoms with van der Waals surface area (Å²) < 4.78 is 6.23. The summed E-state index contributed by atoms with van der Waals surface area (Å²) in [5, 5.41) is 3.81. The molecular formula is C18H33NO. The third-order valence-corrected chi connectivity index (χ3v) is 5.69. The molecule has 2 atom stereocenters. The van der Waals surface area contributed by atoms with E-state index in [2.05, 4.69) is 26.1 Å². The average molecular weight is 279 g/mol. The Morgan fingerprint density at radius 1 is 1.10 bits per heavy atom. The summed E-state index contributed by atoms with van der Waals surface area (Å²) in [6.07, 6.45) is 11.9. The van der Waals surface area contributed by atoms with Crippen LogP contribution in [0.1, 0.15) is 72.1 Å². The van der Waals surface area contributed by atoms with Crippen molar-refractivity contribution < 1.29 is 4.74 Å². The van der Waals surface area contributed by atoms with Crippen LogP contribution >= 0.6 is 0 Å². The van der Waals surface area contributed by atoms with Crippen molar-refractivity contribution in [3.8, 4) is 0 Å². The monoisotopic (exact) mass is 279 g/mol. The van der Waals surface area contributed by atoms with Gasteiger partial charge in [-0.3, -0.25) is 0 Å². The van der Waals surface area contributed by atoms with Gasteiger partial charge in [-0.1, -0.05) is 25.7 Å². The van der Waals surface area contributed by atoms with E-state index in [-0.39, 0.29) is 5.54 Å². The van der Waals surface area contributed by atoms with Gasteiger partial charge in [0.15, 0.2) is 0 Å². The standard InChI is InChI=1S/C18H33NO/c1-17(2,3)19-13-18(12-14-6-4-5-7-14)10-11-20-16(18)15-8-9-15/h14-16,19H,4-13H2,1-3H3. The van der Waals surface area contributed by atoms with Gasteiger partial charge in [0.2, 0.25) is 0 Å². The highest BCUT2D eigenvalue weighted by molar-refractivity contribution is 5.02. The predicted molar refractivity (Wildman–Crippen MR) is 83.8 cm³/mol. The quantitative estimate of drug-likeness (QED) is 0.816. The molecule has 2 heteroatoms. The maximum Gasteiger partial charge on any atom is 0.0672 e. The van der Waals surface area contributed by atoms with Gasteiger partial charge >= 0.3 is 0 Å². The fourth-order valence-corrected chi connectivity index (χ4v) is 4.45. The lowest BCUT2D eigenvalue weighted by atomic mass is 9.71. The Balaban J connectivity index is 1.70. The highest BCUT2D eigenvalue weighted by Gasteiger charge is 2.51. The molecule has 0 aromatic carbocycles. The van der Waals surface area contributed by atoms with E-state index in [0.717, 1.165) is 25.0 Å². The number of hydrogen-bond donors (Lipinski definition) is 1. The van der Waals surface area contributed by atoms with Crippen LogP contribution < -0.4 is 5.32 Å². The molecule has 2 aliphatic carbocycles. The molecule has 3 fully saturated rings. The second-order valence-electron chi connectivity index (χ2n) is 8.70. The van der Waals surface area contributed by atoms with Crippen LogP contribution in [0.2, 0.25) is 0 Å². The van der Waals surface area contributed by atoms with Gasteiger partial charge in [-0.05, 0) is 58.3 Å². The number of hydrogen-bond acceptors (Lipinski definition) is 2. The van der Waals surface area contributed by atoms with Crippen molar-refractivity contribution in [3.63, 3.8) is 0 Å². The molecule has 1 saturated heterocycles. The third-order valence-electron chi connectivity index (χ3n) is 5.69. The van der Waals surface area contributed by atoms with E-state index in [1.54, 1.807) is 0 Å². The molecular weight excluding hydrogens is 246 g/mol. The smallest absolute Gasteiger partial charge is 0.0672 e. The molecule has 0 bridgehead atoms. The molecule has 2 saturated carbocycles. The second kappa shape index (κ2) is 5.61. The Labute approximate surface area is 125 Å². The van der Waals surface area contributed by atoms with E-state index in [1.165, 1.54) is 51.4 Å². The molecule has 0 radical (unpaired) electrons. The van der Waals surface area contributed by atoms with Crippen LogP contribution in [0.4, 0.5) is 0 Å². The Kier molecular flexibility index (Phi) is 4.16. The van der Waals surface area contributed by atoms with Crippen LogP contribution in [0, 0.1) is 17.3 Å². The van der Waals surface area contributed by atoms with Gasteiger partial charge in [0.1, 0.15) is 0 Å². The van der Waals surface area contributed by atoms with Crippen LogP contribution in [-0.4, -0.2) is 24.8 Å². The Bertz CT molecular complexity index is 325. The first kappa shape index (κ1) is 14.8. The molecule has 0 amide bonds. The van der Waals surface area contributed by atoms with Gasteiger partial charge in [-0.15, -0.1) is 0 Å². The highest BCUT2D eigenvalue weighted by Crippen LogP contribution is 2.52. The summed E-state index contributed by atoms with van der Waals surface area (Å²) in [6.45, 7) is 9.03. The lowest BCUT2D eigenvalue weighted by Crippen LogP contribution is -2.48. The molecule has 3 aliphatic rings. The van der Waals surface area contributed by atoms with Gasteiger partial charge in [0.05, 0.1) is 6.10 Å². The number of nitrogens with one attached hydrogen (secondary N) is 1. The first-order chi connectivity index (χ1) is 9.49. The van der Waals surface area contributed by atoms with Crippen molar-refractivity contribution in [1.82, 2.24) is 5.32 Å². The zero-order valence-electron chi connectivity index (χ0n) is 13.7. The normalized spacial score (nSPS) is 35.9. The van der Waals surface area contributed by atoms with Crippen molar-refractivity contribution in [2.45, 2.75) is 83.8 Å². The largest absolute Gasteiger partial charge is 0.377 e. The lowest BCUT2D eigenvalue weighted by molar-refractivity contribution is 0.0160. The molecule has 2 unspecified atom stereocenters. The summed E-state index contributed by atoms with van der Waals surface area (Å²) in [7, 11) is 0.